The van der Waals surface area contributed by atoms with E-state index < -0.39 is 0 Å². The lowest BCUT2D eigenvalue weighted by molar-refractivity contribution is -0.277. The smallest absolute Gasteiger partial charge is 0.115 e. The third kappa shape index (κ3) is 6.45. The molecule has 0 bridgehead atoms. The van der Waals surface area contributed by atoms with Crippen LogP contribution >= 0.6 is 0 Å². The van der Waals surface area contributed by atoms with Crippen LogP contribution in [0.5, 0.6) is 0 Å². The molecule has 0 aliphatic heterocycles. The summed E-state index contributed by atoms with van der Waals surface area (Å²) in [4.78, 5) is 4.14. The van der Waals surface area contributed by atoms with E-state index in [1.54, 1.807) is 13.8 Å². The Bertz CT molecular complexity index is 443. The highest BCUT2D eigenvalue weighted by molar-refractivity contribution is 5.17. The molecule has 0 aliphatic rings. The number of benzene rings is 2. The van der Waals surface area contributed by atoms with E-state index in [1.165, 1.54) is 0 Å². The average molecular weight is 278 g/mol. The zero-order valence-corrected chi connectivity index (χ0v) is 11.7. The van der Waals surface area contributed by atoms with E-state index >= 15 is 0 Å². The van der Waals surface area contributed by atoms with Crippen LogP contribution in [0.3, 0.4) is 0 Å². The first-order valence-corrected chi connectivity index (χ1v) is 6.23. The van der Waals surface area contributed by atoms with E-state index in [9.17, 15) is 0 Å². The van der Waals surface area contributed by atoms with Crippen molar-refractivity contribution in [3.63, 3.8) is 0 Å². The van der Waals surface area contributed by atoms with Crippen LogP contribution in [0.4, 0.5) is 0 Å². The highest BCUT2D eigenvalue weighted by atomic mass is 17.1. The Morgan fingerprint density at radius 3 is 1.50 bits per heavy atom. The van der Waals surface area contributed by atoms with E-state index in [2.05, 4.69) is 4.89 Å². The molecule has 4 heteroatoms. The summed E-state index contributed by atoms with van der Waals surface area (Å²) in [5.74, 6) is 0. The maximum Gasteiger partial charge on any atom is 0.115 e. The second-order valence-electron chi connectivity index (χ2n) is 4.24. The van der Waals surface area contributed by atoms with Gasteiger partial charge >= 0.3 is 0 Å². The monoisotopic (exact) mass is 278 g/mol. The quantitative estimate of drug-likeness (QED) is 0.668. The molecule has 110 valence electrons. The van der Waals surface area contributed by atoms with Crippen LogP contribution in [0.2, 0.25) is 0 Å². The molecule has 2 unspecified atom stereocenters. The van der Waals surface area contributed by atoms with Crippen LogP contribution in [-0.2, 0) is 4.89 Å². The largest absolute Gasteiger partial charge is 0.412 e. The normalized spacial score (nSPS) is 12.4. The minimum Gasteiger partial charge on any atom is -0.412 e. The molecule has 2 rings (SSSR count). The summed E-state index contributed by atoms with van der Waals surface area (Å²) in [5, 5.41) is 17.3. The van der Waals surface area contributed by atoms with Gasteiger partial charge in [-0.05, 0) is 25.0 Å². The van der Waals surface area contributed by atoms with Crippen molar-refractivity contribution >= 4 is 0 Å². The Morgan fingerprint density at radius 1 is 0.800 bits per heavy atom. The lowest BCUT2D eigenvalue weighted by atomic mass is 10.1. The first kappa shape index (κ1) is 18.3. The van der Waals surface area contributed by atoms with Crippen LogP contribution in [0.25, 0.3) is 0 Å². The van der Waals surface area contributed by atoms with E-state index in [1.807, 2.05) is 60.7 Å². The standard InChI is InChI=1S/C8H10O2.C8H10O.H2O/c1-7(10-9)8-5-3-2-4-6-8;1-7(9)8-5-3-2-4-6-8;/h2-7,9H,1H3;2-7,9H,1H3;1H2. The minimum absolute atomic E-state index is 0. The third-order valence-electron chi connectivity index (χ3n) is 2.71. The van der Waals surface area contributed by atoms with Crippen molar-refractivity contribution in [1.29, 1.82) is 0 Å². The van der Waals surface area contributed by atoms with Gasteiger partial charge in [0.2, 0.25) is 0 Å². The molecule has 0 saturated heterocycles. The van der Waals surface area contributed by atoms with Crippen molar-refractivity contribution in [2.45, 2.75) is 26.1 Å². The molecule has 0 fully saturated rings. The fourth-order valence-corrected chi connectivity index (χ4v) is 1.52. The number of rotatable bonds is 3. The molecule has 0 aliphatic carbocycles. The van der Waals surface area contributed by atoms with Crippen molar-refractivity contribution in [3.05, 3.63) is 71.8 Å². The molecule has 20 heavy (non-hydrogen) atoms. The van der Waals surface area contributed by atoms with E-state index in [0.717, 1.165) is 11.1 Å². The van der Waals surface area contributed by atoms with Gasteiger partial charge in [-0.3, -0.25) is 5.26 Å². The molecular formula is C16H22O4. The Balaban J connectivity index is 0.000000345. The molecule has 2 atom stereocenters. The van der Waals surface area contributed by atoms with Crippen LogP contribution in [-0.4, -0.2) is 15.8 Å². The Morgan fingerprint density at radius 2 is 1.20 bits per heavy atom. The molecule has 0 saturated carbocycles. The molecule has 2 aromatic rings. The van der Waals surface area contributed by atoms with Crippen LogP contribution in [0.15, 0.2) is 60.7 Å². The number of hydrogen-bond acceptors (Lipinski definition) is 3. The van der Waals surface area contributed by atoms with Crippen LogP contribution < -0.4 is 0 Å². The lowest BCUT2D eigenvalue weighted by Gasteiger charge is -2.05. The lowest BCUT2D eigenvalue weighted by Crippen LogP contribution is -1.94. The van der Waals surface area contributed by atoms with E-state index in [0.29, 0.717) is 0 Å². The predicted octanol–water partition coefficient (Wildman–Crippen LogP) is 3.15. The van der Waals surface area contributed by atoms with Gasteiger partial charge in [-0.15, -0.1) is 0 Å². The average Bonchev–Trinajstić information content (AvgIpc) is 2.49. The first-order valence-electron chi connectivity index (χ1n) is 6.23. The van der Waals surface area contributed by atoms with Gasteiger partial charge in [-0.1, -0.05) is 60.7 Å². The van der Waals surface area contributed by atoms with Crippen molar-refractivity contribution < 1.29 is 20.7 Å². The van der Waals surface area contributed by atoms with Crippen molar-refractivity contribution in [1.82, 2.24) is 0 Å². The second-order valence-corrected chi connectivity index (χ2v) is 4.24. The number of hydrogen-bond donors (Lipinski definition) is 2. The summed E-state index contributed by atoms with van der Waals surface area (Å²) < 4.78 is 0. The molecule has 4 nitrogen and oxygen atoms in total. The van der Waals surface area contributed by atoms with Gasteiger partial charge in [0, 0.05) is 0 Å². The topological polar surface area (TPSA) is 81.2 Å². The molecule has 0 aromatic heterocycles. The van der Waals surface area contributed by atoms with Gasteiger partial charge in [-0.2, -0.15) is 0 Å². The summed E-state index contributed by atoms with van der Waals surface area (Å²) in [6, 6.07) is 19.1. The van der Waals surface area contributed by atoms with Crippen molar-refractivity contribution in [3.8, 4) is 0 Å². The van der Waals surface area contributed by atoms with E-state index in [-0.39, 0.29) is 17.7 Å². The maximum atomic E-state index is 9.02. The molecular weight excluding hydrogens is 256 g/mol. The van der Waals surface area contributed by atoms with Gasteiger partial charge in [0.25, 0.3) is 0 Å². The van der Waals surface area contributed by atoms with Gasteiger partial charge in [0.05, 0.1) is 6.10 Å². The summed E-state index contributed by atoms with van der Waals surface area (Å²) >= 11 is 0. The number of aliphatic hydroxyl groups is 1. The zero-order valence-electron chi connectivity index (χ0n) is 11.7. The Labute approximate surface area is 119 Å². The molecule has 0 spiro atoms. The maximum absolute atomic E-state index is 9.02. The first-order chi connectivity index (χ1) is 9.15. The van der Waals surface area contributed by atoms with Gasteiger partial charge in [-0.25, -0.2) is 4.89 Å². The molecule has 0 heterocycles. The van der Waals surface area contributed by atoms with Crippen LogP contribution in [0.1, 0.15) is 37.2 Å². The molecule has 2 aromatic carbocycles. The third-order valence-corrected chi connectivity index (χ3v) is 2.71. The second kappa shape index (κ2) is 10.1. The van der Waals surface area contributed by atoms with Crippen molar-refractivity contribution in [2.75, 3.05) is 0 Å². The summed E-state index contributed by atoms with van der Waals surface area (Å²) in [6.07, 6.45) is -0.576. The fourth-order valence-electron chi connectivity index (χ4n) is 1.52. The molecule has 4 N–H and O–H groups in total. The summed E-state index contributed by atoms with van der Waals surface area (Å²) in [6.45, 7) is 3.55. The zero-order chi connectivity index (χ0) is 14.1. The molecule has 0 amide bonds. The van der Waals surface area contributed by atoms with Crippen LogP contribution in [0, 0.1) is 0 Å². The molecule has 0 radical (unpaired) electrons. The number of aliphatic hydroxyl groups excluding tert-OH is 1. The van der Waals surface area contributed by atoms with Gasteiger partial charge in [0.15, 0.2) is 0 Å². The Kier molecular flexibility index (Phi) is 9.24. The predicted molar refractivity (Wildman–Crippen MR) is 79.3 cm³/mol. The summed E-state index contributed by atoms with van der Waals surface area (Å²) in [5.41, 5.74) is 1.95. The fraction of sp³-hybridized carbons (Fsp3) is 0.250. The van der Waals surface area contributed by atoms with E-state index in [4.69, 9.17) is 10.4 Å². The van der Waals surface area contributed by atoms with Gasteiger partial charge < -0.3 is 10.6 Å². The highest BCUT2D eigenvalue weighted by Crippen LogP contribution is 2.13. The van der Waals surface area contributed by atoms with Gasteiger partial charge in [0.1, 0.15) is 6.10 Å². The van der Waals surface area contributed by atoms with Crippen molar-refractivity contribution in [2.24, 2.45) is 0 Å². The highest BCUT2D eigenvalue weighted by Gasteiger charge is 2.01. The minimum atomic E-state index is -0.341. The summed E-state index contributed by atoms with van der Waals surface area (Å²) in [7, 11) is 0. The SMILES string of the molecule is CC(O)c1ccccc1.CC(OO)c1ccccc1.O. The Hall–Kier alpha value is -1.72.